The lowest BCUT2D eigenvalue weighted by Crippen LogP contribution is -2.30. The van der Waals surface area contributed by atoms with Gasteiger partial charge in [0.05, 0.1) is 30.2 Å². The highest BCUT2D eigenvalue weighted by atomic mass is 32.1. The first-order chi connectivity index (χ1) is 10.8. The number of amides is 1. The zero-order chi connectivity index (χ0) is 15.4. The Kier molecular flexibility index (Phi) is 4.59. The Balaban J connectivity index is 1.78. The van der Waals surface area contributed by atoms with Gasteiger partial charge < -0.3 is 9.32 Å². The van der Waals surface area contributed by atoms with Crippen LogP contribution in [0.1, 0.15) is 45.1 Å². The first-order valence-corrected chi connectivity index (χ1v) is 8.40. The summed E-state index contributed by atoms with van der Waals surface area (Å²) in [7, 11) is 0. The van der Waals surface area contributed by atoms with Crippen molar-refractivity contribution in [3.8, 4) is 6.07 Å². The molecule has 1 aliphatic rings. The molecule has 114 valence electrons. The van der Waals surface area contributed by atoms with E-state index in [9.17, 15) is 4.79 Å². The van der Waals surface area contributed by atoms with E-state index in [4.69, 9.17) is 9.68 Å². The van der Waals surface area contributed by atoms with Crippen LogP contribution >= 0.6 is 11.3 Å². The monoisotopic (exact) mass is 314 g/mol. The molecule has 0 atom stereocenters. The molecule has 1 aliphatic carbocycles. The first kappa shape index (κ1) is 14.9. The van der Waals surface area contributed by atoms with Gasteiger partial charge in [-0.25, -0.2) is 0 Å². The molecule has 0 unspecified atom stereocenters. The van der Waals surface area contributed by atoms with Crippen LogP contribution in [0, 0.1) is 11.3 Å². The fourth-order valence-electron chi connectivity index (χ4n) is 2.78. The topological polar surface area (TPSA) is 57.2 Å². The Morgan fingerprint density at radius 2 is 2.27 bits per heavy atom. The van der Waals surface area contributed by atoms with E-state index in [1.54, 1.807) is 22.5 Å². The second-order valence-corrected chi connectivity index (χ2v) is 6.62. The fourth-order valence-corrected chi connectivity index (χ4v) is 4.00. The van der Waals surface area contributed by atoms with Crippen LogP contribution in [0.15, 0.2) is 28.9 Å². The van der Waals surface area contributed by atoms with Crippen molar-refractivity contribution in [3.63, 3.8) is 0 Å². The smallest absolute Gasteiger partial charge is 0.264 e. The first-order valence-electron chi connectivity index (χ1n) is 7.58. The van der Waals surface area contributed by atoms with Crippen molar-refractivity contribution in [1.82, 2.24) is 4.90 Å². The molecule has 0 N–H and O–H groups in total. The maximum Gasteiger partial charge on any atom is 0.264 e. The number of hydrogen-bond acceptors (Lipinski definition) is 4. The predicted octanol–water partition coefficient (Wildman–Crippen LogP) is 3.78. The van der Waals surface area contributed by atoms with Crippen LogP contribution in [0.5, 0.6) is 0 Å². The fraction of sp³-hybridized carbons (Fsp3) is 0.412. The number of fused-ring (bicyclic) bond motifs is 1. The van der Waals surface area contributed by atoms with E-state index in [1.165, 1.54) is 23.3 Å². The zero-order valence-corrected chi connectivity index (χ0v) is 13.2. The van der Waals surface area contributed by atoms with Crippen LogP contribution in [0.4, 0.5) is 0 Å². The standard InChI is InChI=1S/C17H18N2O2S/c18-8-4-9-19(12-14-6-3-10-21-14)17(20)16-11-13-5-1-2-7-15(13)22-16/h3,6,10-11H,1-2,4-5,7,9,12H2. The molecular formula is C17H18N2O2S. The van der Waals surface area contributed by atoms with Gasteiger partial charge in [-0.2, -0.15) is 5.26 Å². The highest BCUT2D eigenvalue weighted by molar-refractivity contribution is 7.14. The van der Waals surface area contributed by atoms with Crippen LogP contribution in [-0.2, 0) is 19.4 Å². The van der Waals surface area contributed by atoms with Crippen molar-refractivity contribution >= 4 is 17.2 Å². The second kappa shape index (κ2) is 6.80. The van der Waals surface area contributed by atoms with Crippen LogP contribution in [-0.4, -0.2) is 17.4 Å². The highest BCUT2D eigenvalue weighted by Gasteiger charge is 2.22. The Hall–Kier alpha value is -2.06. The molecule has 0 spiro atoms. The van der Waals surface area contributed by atoms with E-state index in [0.29, 0.717) is 19.5 Å². The van der Waals surface area contributed by atoms with E-state index in [-0.39, 0.29) is 5.91 Å². The van der Waals surface area contributed by atoms with Crippen molar-refractivity contribution in [3.05, 3.63) is 45.5 Å². The van der Waals surface area contributed by atoms with Gasteiger partial charge in [-0.3, -0.25) is 4.79 Å². The molecular weight excluding hydrogens is 296 g/mol. The van der Waals surface area contributed by atoms with Crippen molar-refractivity contribution in [1.29, 1.82) is 5.26 Å². The van der Waals surface area contributed by atoms with Gasteiger partial charge in [-0.05, 0) is 49.4 Å². The maximum atomic E-state index is 12.8. The molecule has 0 bridgehead atoms. The molecule has 2 aromatic heterocycles. The highest BCUT2D eigenvalue weighted by Crippen LogP contribution is 2.30. The number of thiophene rings is 1. The summed E-state index contributed by atoms with van der Waals surface area (Å²) >= 11 is 1.61. The molecule has 22 heavy (non-hydrogen) atoms. The quantitative estimate of drug-likeness (QED) is 0.844. The molecule has 0 aliphatic heterocycles. The number of carbonyl (C=O) groups is 1. The number of nitrogens with zero attached hydrogens (tertiary/aromatic N) is 2. The third kappa shape index (κ3) is 3.23. The summed E-state index contributed by atoms with van der Waals surface area (Å²) in [5, 5.41) is 8.82. The lowest BCUT2D eigenvalue weighted by atomic mass is 9.99. The number of hydrogen-bond donors (Lipinski definition) is 0. The Bertz CT molecular complexity index is 659. The molecule has 3 rings (SSSR count). The molecule has 0 aromatic carbocycles. The van der Waals surface area contributed by atoms with E-state index < -0.39 is 0 Å². The molecule has 2 aromatic rings. The molecule has 1 amide bonds. The van der Waals surface area contributed by atoms with Crippen LogP contribution < -0.4 is 0 Å². The number of aryl methyl sites for hydroxylation is 2. The zero-order valence-electron chi connectivity index (χ0n) is 12.4. The summed E-state index contributed by atoms with van der Waals surface area (Å²) < 4.78 is 5.34. The van der Waals surface area contributed by atoms with Crippen LogP contribution in [0.2, 0.25) is 0 Å². The van der Waals surface area contributed by atoms with Gasteiger partial charge in [0, 0.05) is 11.4 Å². The van der Waals surface area contributed by atoms with Gasteiger partial charge in [0.2, 0.25) is 0 Å². The molecule has 5 heteroatoms. The van der Waals surface area contributed by atoms with Crippen LogP contribution in [0.3, 0.4) is 0 Å². The Morgan fingerprint density at radius 1 is 1.41 bits per heavy atom. The minimum absolute atomic E-state index is 0.00560. The summed E-state index contributed by atoms with van der Waals surface area (Å²) in [6.07, 6.45) is 6.52. The summed E-state index contributed by atoms with van der Waals surface area (Å²) in [5.74, 6) is 0.749. The number of carbonyl (C=O) groups excluding carboxylic acids is 1. The summed E-state index contributed by atoms with van der Waals surface area (Å²) in [5.41, 5.74) is 1.33. The third-order valence-corrected chi connectivity index (χ3v) is 5.14. The second-order valence-electron chi connectivity index (χ2n) is 5.48. The third-order valence-electron chi connectivity index (χ3n) is 3.91. The lowest BCUT2D eigenvalue weighted by molar-refractivity contribution is 0.0740. The van der Waals surface area contributed by atoms with Gasteiger partial charge >= 0.3 is 0 Å². The minimum Gasteiger partial charge on any atom is -0.467 e. The number of nitriles is 1. The van der Waals surface area contributed by atoms with Gasteiger partial charge in [0.1, 0.15) is 5.76 Å². The lowest BCUT2D eigenvalue weighted by Gasteiger charge is -2.19. The van der Waals surface area contributed by atoms with Gasteiger partial charge in [-0.15, -0.1) is 11.3 Å². The summed E-state index contributed by atoms with van der Waals surface area (Å²) in [6.45, 7) is 0.842. The van der Waals surface area contributed by atoms with E-state index in [0.717, 1.165) is 23.5 Å². The molecule has 2 heterocycles. The van der Waals surface area contributed by atoms with E-state index in [2.05, 4.69) is 6.07 Å². The Labute approximate surface area is 134 Å². The molecule has 0 saturated heterocycles. The van der Waals surface area contributed by atoms with Crippen molar-refractivity contribution in [2.45, 2.75) is 38.6 Å². The van der Waals surface area contributed by atoms with Gasteiger partial charge in [0.25, 0.3) is 5.91 Å². The molecule has 4 nitrogen and oxygen atoms in total. The number of furan rings is 1. The SMILES string of the molecule is N#CCCN(Cc1ccco1)C(=O)c1cc2c(s1)CCCC2. The Morgan fingerprint density at radius 3 is 3.00 bits per heavy atom. The number of rotatable bonds is 5. The van der Waals surface area contributed by atoms with Gasteiger partial charge in [0.15, 0.2) is 0 Å². The van der Waals surface area contributed by atoms with Crippen molar-refractivity contribution in [2.75, 3.05) is 6.54 Å². The van der Waals surface area contributed by atoms with Crippen molar-refractivity contribution in [2.24, 2.45) is 0 Å². The minimum atomic E-state index is 0.00560. The summed E-state index contributed by atoms with van der Waals surface area (Å²) in [4.78, 5) is 16.6. The summed E-state index contributed by atoms with van der Waals surface area (Å²) in [6, 6.07) is 7.82. The molecule has 0 radical (unpaired) electrons. The maximum absolute atomic E-state index is 12.8. The molecule has 0 saturated carbocycles. The predicted molar refractivity (Wildman–Crippen MR) is 84.6 cm³/mol. The average molecular weight is 314 g/mol. The van der Waals surface area contributed by atoms with Crippen LogP contribution in [0.25, 0.3) is 0 Å². The van der Waals surface area contributed by atoms with E-state index in [1.807, 2.05) is 18.2 Å². The van der Waals surface area contributed by atoms with E-state index >= 15 is 0 Å². The molecule has 0 fully saturated rings. The average Bonchev–Trinajstić information content (AvgIpc) is 3.19. The largest absolute Gasteiger partial charge is 0.467 e. The van der Waals surface area contributed by atoms with Gasteiger partial charge in [-0.1, -0.05) is 0 Å². The normalized spacial score (nSPS) is 13.4. The van der Waals surface area contributed by atoms with Crippen molar-refractivity contribution < 1.29 is 9.21 Å².